The summed E-state index contributed by atoms with van der Waals surface area (Å²) in [7, 11) is 0. The van der Waals surface area contributed by atoms with Crippen molar-refractivity contribution in [2.45, 2.75) is 25.0 Å². The molecule has 30 heavy (non-hydrogen) atoms. The number of amides is 1. The molecular weight excluding hydrogens is 384 g/mol. The molecule has 2 atom stereocenters. The number of nitrogens with zero attached hydrogens (tertiary/aromatic N) is 1. The van der Waals surface area contributed by atoms with Gasteiger partial charge in [-0.05, 0) is 55.6 Å². The summed E-state index contributed by atoms with van der Waals surface area (Å²) in [5, 5.41) is 11.9. The van der Waals surface area contributed by atoms with Crippen molar-refractivity contribution in [2.24, 2.45) is 5.92 Å². The lowest BCUT2D eigenvalue weighted by Crippen LogP contribution is -2.52. The first-order valence-electron chi connectivity index (χ1n) is 10.1. The number of ether oxygens (including phenoxy) is 1. The fourth-order valence-electron chi connectivity index (χ4n) is 4.19. The minimum atomic E-state index is -1.12. The monoisotopic (exact) mass is 408 g/mol. The SMILES string of the molecule is O=C(O)c1cccc(C(=O)NC(C(=O)O[C@H]2CN3CCC2CC3)c2ccccc2)c1. The molecule has 0 aromatic heterocycles. The van der Waals surface area contributed by atoms with Crippen LogP contribution in [0, 0.1) is 5.92 Å². The quantitative estimate of drug-likeness (QED) is 0.713. The van der Waals surface area contributed by atoms with E-state index in [1.54, 1.807) is 24.3 Å². The summed E-state index contributed by atoms with van der Waals surface area (Å²) in [4.78, 5) is 39.4. The lowest BCUT2D eigenvalue weighted by Gasteiger charge is -2.44. The Morgan fingerprint density at radius 2 is 1.70 bits per heavy atom. The van der Waals surface area contributed by atoms with Gasteiger partial charge in [0, 0.05) is 12.1 Å². The van der Waals surface area contributed by atoms with Crippen molar-refractivity contribution in [3.05, 3.63) is 71.3 Å². The number of carbonyl (C=O) groups excluding carboxylic acids is 2. The molecule has 7 heteroatoms. The first kappa shape index (κ1) is 20.1. The summed E-state index contributed by atoms with van der Waals surface area (Å²) in [5.74, 6) is -1.79. The molecule has 3 fully saturated rings. The maximum atomic E-state index is 13.1. The number of nitrogens with one attached hydrogen (secondary N) is 1. The molecule has 1 amide bonds. The summed E-state index contributed by atoms with van der Waals surface area (Å²) in [6, 6.07) is 13.7. The summed E-state index contributed by atoms with van der Waals surface area (Å²) in [6.45, 7) is 2.81. The van der Waals surface area contributed by atoms with Crippen LogP contribution in [0.25, 0.3) is 0 Å². The van der Waals surface area contributed by atoms with E-state index in [1.807, 2.05) is 6.07 Å². The van der Waals surface area contributed by atoms with Gasteiger partial charge in [0.25, 0.3) is 5.91 Å². The van der Waals surface area contributed by atoms with Crippen LogP contribution in [0.3, 0.4) is 0 Å². The Labute approximate surface area is 174 Å². The maximum absolute atomic E-state index is 13.1. The van der Waals surface area contributed by atoms with Gasteiger partial charge in [0.2, 0.25) is 0 Å². The first-order chi connectivity index (χ1) is 14.5. The fraction of sp³-hybridized carbons (Fsp3) is 0.348. The van der Waals surface area contributed by atoms with Crippen LogP contribution in [0.2, 0.25) is 0 Å². The third-order valence-corrected chi connectivity index (χ3v) is 5.88. The fourth-order valence-corrected chi connectivity index (χ4v) is 4.19. The van der Waals surface area contributed by atoms with E-state index in [4.69, 9.17) is 9.84 Å². The van der Waals surface area contributed by atoms with Gasteiger partial charge in [0.05, 0.1) is 5.56 Å². The molecule has 3 aliphatic rings. The number of hydrogen-bond acceptors (Lipinski definition) is 5. The molecule has 0 spiro atoms. The Balaban J connectivity index is 1.53. The summed E-state index contributed by atoms with van der Waals surface area (Å²) >= 11 is 0. The zero-order valence-electron chi connectivity index (χ0n) is 16.5. The normalized spacial score (nSPS) is 23.4. The molecule has 2 aromatic carbocycles. The molecule has 0 radical (unpaired) electrons. The van der Waals surface area contributed by atoms with E-state index in [-0.39, 0.29) is 17.2 Å². The first-order valence-corrected chi connectivity index (χ1v) is 10.1. The van der Waals surface area contributed by atoms with Gasteiger partial charge in [-0.3, -0.25) is 9.69 Å². The van der Waals surface area contributed by atoms with Gasteiger partial charge in [-0.15, -0.1) is 0 Å². The molecule has 2 bridgehead atoms. The highest BCUT2D eigenvalue weighted by molar-refractivity contribution is 5.99. The number of carboxylic acids is 1. The van der Waals surface area contributed by atoms with Crippen molar-refractivity contribution < 1.29 is 24.2 Å². The number of piperidine rings is 3. The molecule has 2 N–H and O–H groups in total. The molecule has 2 aromatic rings. The number of hydrogen-bond donors (Lipinski definition) is 2. The zero-order chi connectivity index (χ0) is 21.1. The highest BCUT2D eigenvalue weighted by atomic mass is 16.5. The highest BCUT2D eigenvalue weighted by Crippen LogP contribution is 2.30. The van der Waals surface area contributed by atoms with Crippen LogP contribution < -0.4 is 5.32 Å². The summed E-state index contributed by atoms with van der Waals surface area (Å²) in [5.41, 5.74) is 0.798. The largest absolute Gasteiger partial charge is 0.478 e. The Morgan fingerprint density at radius 3 is 2.33 bits per heavy atom. The molecule has 1 unspecified atom stereocenters. The van der Waals surface area contributed by atoms with Crippen molar-refractivity contribution in [1.82, 2.24) is 10.2 Å². The molecule has 3 saturated heterocycles. The molecule has 3 aliphatic heterocycles. The van der Waals surface area contributed by atoms with Gasteiger partial charge in [-0.1, -0.05) is 36.4 Å². The summed E-state index contributed by atoms with van der Waals surface area (Å²) < 4.78 is 5.85. The Bertz CT molecular complexity index is 938. The number of aromatic carboxylic acids is 1. The predicted molar refractivity (Wildman–Crippen MR) is 109 cm³/mol. The van der Waals surface area contributed by atoms with E-state index in [0.717, 1.165) is 32.5 Å². The van der Waals surface area contributed by atoms with Crippen molar-refractivity contribution in [2.75, 3.05) is 19.6 Å². The number of carboxylic acid groups (broad SMARTS) is 1. The average molecular weight is 408 g/mol. The van der Waals surface area contributed by atoms with E-state index in [1.165, 1.54) is 24.3 Å². The van der Waals surface area contributed by atoms with Crippen LogP contribution in [-0.4, -0.2) is 53.6 Å². The smallest absolute Gasteiger partial charge is 0.335 e. The third-order valence-electron chi connectivity index (χ3n) is 5.88. The zero-order valence-corrected chi connectivity index (χ0v) is 16.5. The minimum Gasteiger partial charge on any atom is -0.478 e. The second kappa shape index (κ2) is 8.67. The molecule has 0 aliphatic carbocycles. The van der Waals surface area contributed by atoms with Gasteiger partial charge in [-0.25, -0.2) is 9.59 Å². The molecule has 5 rings (SSSR count). The van der Waals surface area contributed by atoms with E-state index < -0.39 is 23.9 Å². The van der Waals surface area contributed by atoms with Gasteiger partial charge in [0.15, 0.2) is 6.04 Å². The molecule has 3 heterocycles. The van der Waals surface area contributed by atoms with E-state index in [9.17, 15) is 14.4 Å². The van der Waals surface area contributed by atoms with Crippen LogP contribution in [0.4, 0.5) is 0 Å². The molecular formula is C23H24N2O5. The highest BCUT2D eigenvalue weighted by Gasteiger charge is 2.38. The van der Waals surface area contributed by atoms with Crippen LogP contribution in [0.5, 0.6) is 0 Å². The van der Waals surface area contributed by atoms with Crippen LogP contribution in [0.15, 0.2) is 54.6 Å². The maximum Gasteiger partial charge on any atom is 0.335 e. The van der Waals surface area contributed by atoms with Gasteiger partial charge in [0.1, 0.15) is 6.10 Å². The molecule has 7 nitrogen and oxygen atoms in total. The van der Waals surface area contributed by atoms with Gasteiger partial charge < -0.3 is 15.2 Å². The van der Waals surface area contributed by atoms with Crippen LogP contribution >= 0.6 is 0 Å². The standard InChI is InChI=1S/C23H24N2O5/c26-21(17-7-4-8-18(13-17)22(27)28)24-20(16-5-2-1-3-6-16)23(29)30-19-14-25-11-9-15(19)10-12-25/h1-8,13,15,19-20H,9-12,14H2,(H,24,26)(H,27,28)/t19-,20?/m0/s1. The van der Waals surface area contributed by atoms with Crippen molar-refractivity contribution in [3.63, 3.8) is 0 Å². The Morgan fingerprint density at radius 1 is 1.00 bits per heavy atom. The van der Waals surface area contributed by atoms with E-state index in [0.29, 0.717) is 11.5 Å². The topological polar surface area (TPSA) is 95.9 Å². The minimum absolute atomic E-state index is 0.00812. The van der Waals surface area contributed by atoms with Gasteiger partial charge in [-0.2, -0.15) is 0 Å². The predicted octanol–water partition coefficient (Wildman–Crippen LogP) is 2.49. The number of benzene rings is 2. The lowest BCUT2D eigenvalue weighted by atomic mass is 9.86. The van der Waals surface area contributed by atoms with Crippen LogP contribution in [-0.2, 0) is 9.53 Å². The Hall–Kier alpha value is -3.19. The van der Waals surface area contributed by atoms with Crippen molar-refractivity contribution in [3.8, 4) is 0 Å². The number of rotatable bonds is 6. The number of fused-ring (bicyclic) bond motifs is 3. The number of esters is 1. The second-order valence-electron chi connectivity index (χ2n) is 7.82. The Kier molecular flexibility index (Phi) is 5.81. The number of carbonyl (C=O) groups is 3. The van der Waals surface area contributed by atoms with Crippen molar-refractivity contribution >= 4 is 17.8 Å². The third kappa shape index (κ3) is 4.36. The second-order valence-corrected chi connectivity index (χ2v) is 7.82. The van der Waals surface area contributed by atoms with Crippen molar-refractivity contribution in [1.29, 1.82) is 0 Å². The lowest BCUT2D eigenvalue weighted by molar-refractivity contribution is -0.161. The molecule has 156 valence electrons. The van der Waals surface area contributed by atoms with Gasteiger partial charge >= 0.3 is 11.9 Å². The van der Waals surface area contributed by atoms with Crippen LogP contribution in [0.1, 0.15) is 45.2 Å². The summed E-state index contributed by atoms with van der Waals surface area (Å²) in [6.07, 6.45) is 1.86. The van der Waals surface area contributed by atoms with E-state index in [2.05, 4.69) is 10.2 Å². The van der Waals surface area contributed by atoms with E-state index >= 15 is 0 Å². The average Bonchev–Trinajstić information content (AvgIpc) is 2.78. The molecule has 0 saturated carbocycles.